The van der Waals surface area contributed by atoms with Crippen molar-refractivity contribution in [2.24, 2.45) is 0 Å². The lowest BCUT2D eigenvalue weighted by Crippen LogP contribution is -2.41. The van der Waals surface area contributed by atoms with Gasteiger partial charge >= 0.3 is 5.97 Å². The van der Waals surface area contributed by atoms with Gasteiger partial charge in [0.15, 0.2) is 0 Å². The van der Waals surface area contributed by atoms with Crippen LogP contribution in [0.5, 0.6) is 0 Å². The summed E-state index contributed by atoms with van der Waals surface area (Å²) in [5.74, 6) is -1.68. The zero-order valence-electron chi connectivity index (χ0n) is 17.4. The highest BCUT2D eigenvalue weighted by atomic mass is 35.5. The first kappa shape index (κ1) is 24.4. The molecule has 0 aliphatic rings. The normalized spacial score (nSPS) is 12.2. The van der Waals surface area contributed by atoms with E-state index < -0.39 is 22.0 Å². The Morgan fingerprint density at radius 1 is 0.970 bits per heavy atom. The van der Waals surface area contributed by atoms with E-state index in [0.717, 1.165) is 11.1 Å². The molecule has 3 aromatic rings. The van der Waals surface area contributed by atoms with Gasteiger partial charge < -0.3 is 10.4 Å². The van der Waals surface area contributed by atoms with E-state index in [-0.39, 0.29) is 35.9 Å². The topological polar surface area (TPSA) is 125 Å². The van der Waals surface area contributed by atoms with Gasteiger partial charge in [-0.1, -0.05) is 41.9 Å². The SMILES string of the molecule is O=C(NCCC[C@H](NS(=O)(=O)c1ccc(-c2ccc(Cl)cc2)cc1)C(=O)O)c1ccccn1. The highest BCUT2D eigenvalue weighted by molar-refractivity contribution is 7.89. The average Bonchev–Trinajstić information content (AvgIpc) is 2.82. The quantitative estimate of drug-likeness (QED) is 0.376. The number of amides is 1. The van der Waals surface area contributed by atoms with Gasteiger partial charge in [-0.05, 0) is 60.4 Å². The van der Waals surface area contributed by atoms with Crippen LogP contribution in [0.1, 0.15) is 23.3 Å². The van der Waals surface area contributed by atoms with Crippen LogP contribution in [0.2, 0.25) is 5.02 Å². The molecule has 1 amide bonds. The molecule has 0 bridgehead atoms. The number of pyridine rings is 1. The van der Waals surface area contributed by atoms with Crippen LogP contribution in [0.3, 0.4) is 0 Å². The second kappa shape index (κ2) is 11.0. The van der Waals surface area contributed by atoms with Crippen molar-refractivity contribution in [2.75, 3.05) is 6.54 Å². The van der Waals surface area contributed by atoms with Crippen molar-refractivity contribution in [3.8, 4) is 11.1 Å². The summed E-state index contributed by atoms with van der Waals surface area (Å²) in [6, 6.07) is 16.8. The molecule has 8 nitrogen and oxygen atoms in total. The van der Waals surface area contributed by atoms with Crippen LogP contribution < -0.4 is 10.0 Å². The number of sulfonamides is 1. The van der Waals surface area contributed by atoms with Gasteiger partial charge in [-0.15, -0.1) is 0 Å². The molecule has 0 aliphatic carbocycles. The minimum atomic E-state index is -4.06. The number of rotatable bonds is 10. The molecule has 172 valence electrons. The van der Waals surface area contributed by atoms with Crippen LogP contribution in [-0.2, 0) is 14.8 Å². The molecule has 1 atom stereocenters. The Hall–Kier alpha value is -3.27. The summed E-state index contributed by atoms with van der Waals surface area (Å²) in [5.41, 5.74) is 1.91. The number of hydrogen-bond donors (Lipinski definition) is 3. The molecule has 3 N–H and O–H groups in total. The molecule has 1 heterocycles. The number of aliphatic carboxylic acids is 1. The first-order chi connectivity index (χ1) is 15.8. The molecular formula is C23H22ClN3O5S. The Morgan fingerprint density at radius 3 is 2.18 bits per heavy atom. The Bertz CT molecular complexity index is 1200. The lowest BCUT2D eigenvalue weighted by molar-refractivity contribution is -0.139. The lowest BCUT2D eigenvalue weighted by Gasteiger charge is -2.15. The number of aromatic nitrogens is 1. The smallest absolute Gasteiger partial charge is 0.321 e. The fourth-order valence-electron chi connectivity index (χ4n) is 3.05. The van der Waals surface area contributed by atoms with Gasteiger partial charge in [0, 0.05) is 17.8 Å². The summed E-state index contributed by atoms with van der Waals surface area (Å²) in [7, 11) is -4.06. The number of carboxylic acids is 1. The van der Waals surface area contributed by atoms with Gasteiger partial charge in [-0.2, -0.15) is 4.72 Å². The second-order valence-electron chi connectivity index (χ2n) is 7.16. The fraction of sp³-hybridized carbons (Fsp3) is 0.174. The van der Waals surface area contributed by atoms with E-state index in [1.807, 2.05) is 12.1 Å². The van der Waals surface area contributed by atoms with Gasteiger partial charge in [0.1, 0.15) is 11.7 Å². The van der Waals surface area contributed by atoms with Crippen LogP contribution in [0, 0.1) is 0 Å². The highest BCUT2D eigenvalue weighted by Gasteiger charge is 2.25. The molecule has 3 rings (SSSR count). The van der Waals surface area contributed by atoms with E-state index in [1.54, 1.807) is 42.5 Å². The number of carbonyl (C=O) groups is 2. The minimum Gasteiger partial charge on any atom is -0.480 e. The van der Waals surface area contributed by atoms with Crippen LogP contribution in [0.25, 0.3) is 11.1 Å². The van der Waals surface area contributed by atoms with Crippen molar-refractivity contribution >= 4 is 33.5 Å². The van der Waals surface area contributed by atoms with Gasteiger partial charge in [0.2, 0.25) is 10.0 Å². The third kappa shape index (κ3) is 6.85. The van der Waals surface area contributed by atoms with Crippen molar-refractivity contribution < 1.29 is 23.1 Å². The van der Waals surface area contributed by atoms with Crippen molar-refractivity contribution in [3.05, 3.63) is 83.6 Å². The largest absolute Gasteiger partial charge is 0.480 e. The van der Waals surface area contributed by atoms with Crippen molar-refractivity contribution in [1.82, 2.24) is 15.0 Å². The molecule has 2 aromatic carbocycles. The second-order valence-corrected chi connectivity index (χ2v) is 9.31. The summed E-state index contributed by atoms with van der Waals surface area (Å²) < 4.78 is 27.6. The first-order valence-electron chi connectivity index (χ1n) is 10.1. The summed E-state index contributed by atoms with van der Waals surface area (Å²) in [4.78, 5) is 27.4. The van der Waals surface area contributed by atoms with E-state index in [4.69, 9.17) is 11.6 Å². The van der Waals surface area contributed by atoms with Crippen molar-refractivity contribution in [3.63, 3.8) is 0 Å². The lowest BCUT2D eigenvalue weighted by atomic mass is 10.1. The maximum atomic E-state index is 12.7. The standard InChI is InChI=1S/C23H22ClN3O5S/c24-18-10-6-16(7-11-18)17-8-12-19(13-9-17)33(31,32)27-21(23(29)30)5-3-15-26-22(28)20-4-1-2-14-25-20/h1-2,4,6-14,21,27H,3,5,15H2,(H,26,28)(H,29,30)/t21-/m0/s1. The van der Waals surface area contributed by atoms with Gasteiger partial charge in [-0.25, -0.2) is 8.42 Å². The number of nitrogens with one attached hydrogen (secondary N) is 2. The number of benzene rings is 2. The average molecular weight is 488 g/mol. The monoisotopic (exact) mass is 487 g/mol. The highest BCUT2D eigenvalue weighted by Crippen LogP contribution is 2.23. The fourth-order valence-corrected chi connectivity index (χ4v) is 4.40. The molecule has 0 radical (unpaired) electrons. The Labute approximate surface area is 196 Å². The summed E-state index contributed by atoms with van der Waals surface area (Å²) in [6.07, 6.45) is 1.75. The Kier molecular flexibility index (Phi) is 8.16. The molecule has 33 heavy (non-hydrogen) atoms. The molecule has 0 saturated carbocycles. The van der Waals surface area contributed by atoms with E-state index in [1.165, 1.54) is 18.3 Å². The molecule has 0 unspecified atom stereocenters. The third-order valence-electron chi connectivity index (χ3n) is 4.79. The minimum absolute atomic E-state index is 0.0000795. The van der Waals surface area contributed by atoms with Crippen molar-refractivity contribution in [1.29, 1.82) is 0 Å². The van der Waals surface area contributed by atoms with Gasteiger partial charge in [-0.3, -0.25) is 14.6 Å². The van der Waals surface area contributed by atoms with Crippen molar-refractivity contribution in [2.45, 2.75) is 23.8 Å². The van der Waals surface area contributed by atoms with Crippen LogP contribution >= 0.6 is 11.6 Å². The molecule has 0 fully saturated rings. The Morgan fingerprint density at radius 2 is 1.61 bits per heavy atom. The molecule has 10 heteroatoms. The molecule has 0 aliphatic heterocycles. The molecule has 0 saturated heterocycles. The van der Waals surface area contributed by atoms with E-state index >= 15 is 0 Å². The predicted octanol–water partition coefficient (Wildman–Crippen LogP) is 3.34. The number of carbonyl (C=O) groups excluding carboxylic acids is 1. The summed E-state index contributed by atoms with van der Waals surface area (Å²) in [6.45, 7) is 0.177. The van der Waals surface area contributed by atoms with Crippen LogP contribution in [0.4, 0.5) is 0 Å². The zero-order valence-corrected chi connectivity index (χ0v) is 19.0. The van der Waals surface area contributed by atoms with E-state index in [0.29, 0.717) is 5.02 Å². The summed E-state index contributed by atoms with van der Waals surface area (Å²) in [5, 5.41) is 12.7. The first-order valence-corrected chi connectivity index (χ1v) is 11.9. The van der Waals surface area contributed by atoms with Gasteiger partial charge in [0.25, 0.3) is 5.91 Å². The molecule has 1 aromatic heterocycles. The van der Waals surface area contributed by atoms with Crippen LogP contribution in [-0.4, -0.2) is 43.0 Å². The van der Waals surface area contributed by atoms with E-state index in [2.05, 4.69) is 15.0 Å². The zero-order chi connectivity index (χ0) is 23.8. The summed E-state index contributed by atoms with van der Waals surface area (Å²) >= 11 is 5.89. The number of halogens is 1. The maximum absolute atomic E-state index is 12.7. The van der Waals surface area contributed by atoms with Crippen LogP contribution in [0.15, 0.2) is 77.8 Å². The molecular weight excluding hydrogens is 466 g/mol. The van der Waals surface area contributed by atoms with Gasteiger partial charge in [0.05, 0.1) is 4.90 Å². The Balaban J connectivity index is 1.58. The number of hydrogen-bond acceptors (Lipinski definition) is 5. The van der Waals surface area contributed by atoms with E-state index in [9.17, 15) is 23.1 Å². The number of nitrogens with zero attached hydrogens (tertiary/aromatic N) is 1. The number of carboxylic acid groups (broad SMARTS) is 1. The third-order valence-corrected chi connectivity index (χ3v) is 6.53. The maximum Gasteiger partial charge on any atom is 0.321 e. The molecule has 0 spiro atoms. The predicted molar refractivity (Wildman–Crippen MR) is 124 cm³/mol.